The van der Waals surface area contributed by atoms with Gasteiger partial charge in [0, 0.05) is 11.3 Å². The van der Waals surface area contributed by atoms with E-state index in [1.54, 1.807) is 18.2 Å². The zero-order chi connectivity index (χ0) is 14.5. The van der Waals surface area contributed by atoms with Crippen molar-refractivity contribution in [1.82, 2.24) is 0 Å². The van der Waals surface area contributed by atoms with Gasteiger partial charge in [0.15, 0.2) is 16.7 Å². The maximum absolute atomic E-state index is 11.7. The number of hydrogen-bond donors (Lipinski definition) is 2. The van der Waals surface area contributed by atoms with E-state index in [2.05, 4.69) is 0 Å². The van der Waals surface area contributed by atoms with Crippen molar-refractivity contribution in [1.29, 1.82) is 5.41 Å². The van der Waals surface area contributed by atoms with Crippen LogP contribution in [0.25, 0.3) is 6.08 Å². The molecule has 0 saturated carbocycles. The molecule has 8 heteroatoms. The lowest BCUT2D eigenvalue weighted by Crippen LogP contribution is -2.11. The van der Waals surface area contributed by atoms with Gasteiger partial charge in [-0.2, -0.15) is 0 Å². The Kier molecular flexibility index (Phi) is 6.57. The van der Waals surface area contributed by atoms with E-state index in [1.165, 1.54) is 7.11 Å². The van der Waals surface area contributed by atoms with Gasteiger partial charge in [-0.3, -0.25) is 5.41 Å². The fraction of sp³-hybridized carbons (Fsp3) is 0.231. The molecule has 2 rings (SSSR count). The second-order valence-corrected chi connectivity index (χ2v) is 4.94. The number of thioether (sulfide) groups is 1. The maximum atomic E-state index is 11.7. The maximum Gasteiger partial charge on any atom is 0.334 e. The van der Waals surface area contributed by atoms with Crippen LogP contribution < -0.4 is 15.2 Å². The highest BCUT2D eigenvalue weighted by Crippen LogP contribution is 2.33. The number of rotatable bonds is 4. The van der Waals surface area contributed by atoms with E-state index < -0.39 is 5.97 Å². The quantitative estimate of drug-likeness (QED) is 0.363. The van der Waals surface area contributed by atoms with Crippen molar-refractivity contribution in [2.45, 2.75) is 0 Å². The van der Waals surface area contributed by atoms with Crippen LogP contribution in [-0.2, 0) is 9.53 Å². The lowest BCUT2D eigenvalue weighted by molar-refractivity contribution is -0.135. The Morgan fingerprint density at radius 1 is 1.48 bits per heavy atom. The minimum absolute atomic E-state index is 0. The number of ether oxygens (including phenoxy) is 3. The number of methoxy groups -OCH3 is 1. The number of benzene rings is 1. The summed E-state index contributed by atoms with van der Waals surface area (Å²) in [7, 11) is 1.31. The van der Waals surface area contributed by atoms with Crippen molar-refractivity contribution in [3.8, 4) is 11.5 Å². The first-order chi connectivity index (χ1) is 9.60. The number of nitrogens with two attached hydrogens (primary N) is 1. The van der Waals surface area contributed by atoms with E-state index in [0.29, 0.717) is 17.1 Å². The van der Waals surface area contributed by atoms with Gasteiger partial charge in [0.2, 0.25) is 6.79 Å². The van der Waals surface area contributed by atoms with Gasteiger partial charge in [-0.15, -0.1) is 17.0 Å². The highest BCUT2D eigenvalue weighted by atomic mass is 79.9. The summed E-state index contributed by atoms with van der Waals surface area (Å²) < 4.78 is 15.2. The van der Waals surface area contributed by atoms with E-state index in [0.717, 1.165) is 17.3 Å². The molecule has 0 aliphatic carbocycles. The number of nitrogens with one attached hydrogen (secondary N) is 1. The lowest BCUT2D eigenvalue weighted by Gasteiger charge is -2.05. The molecule has 1 aromatic rings. The summed E-state index contributed by atoms with van der Waals surface area (Å²) in [4.78, 5) is 11.7. The molecular weight excluding hydrogens is 360 g/mol. The van der Waals surface area contributed by atoms with Crippen molar-refractivity contribution < 1.29 is 19.0 Å². The van der Waals surface area contributed by atoms with Gasteiger partial charge in [0.1, 0.15) is 0 Å². The van der Waals surface area contributed by atoms with Crippen molar-refractivity contribution in [2.24, 2.45) is 5.73 Å². The number of fused-ring (bicyclic) bond motifs is 1. The average Bonchev–Trinajstić information content (AvgIpc) is 2.89. The van der Waals surface area contributed by atoms with Crippen molar-refractivity contribution >= 4 is 46.0 Å². The Balaban J connectivity index is 0.00000220. The largest absolute Gasteiger partial charge is 0.466 e. The van der Waals surface area contributed by atoms with Gasteiger partial charge in [-0.1, -0.05) is 17.8 Å². The molecule has 0 spiro atoms. The van der Waals surface area contributed by atoms with Crippen LogP contribution in [0, 0.1) is 5.41 Å². The molecule has 0 aromatic heterocycles. The molecule has 1 aliphatic heterocycles. The fourth-order valence-electron chi connectivity index (χ4n) is 1.65. The first kappa shape index (κ1) is 17.4. The Bertz CT molecular complexity index is 577. The molecule has 1 aliphatic rings. The van der Waals surface area contributed by atoms with Crippen LogP contribution in [0.1, 0.15) is 5.56 Å². The summed E-state index contributed by atoms with van der Waals surface area (Å²) in [5, 5.41) is 7.14. The van der Waals surface area contributed by atoms with Crippen LogP contribution in [0.15, 0.2) is 23.8 Å². The van der Waals surface area contributed by atoms with Gasteiger partial charge in [0.25, 0.3) is 0 Å². The van der Waals surface area contributed by atoms with Crippen LogP contribution >= 0.6 is 28.7 Å². The monoisotopic (exact) mass is 374 g/mol. The Hall–Kier alpha value is -1.67. The molecule has 0 saturated heterocycles. The third kappa shape index (κ3) is 4.68. The van der Waals surface area contributed by atoms with Gasteiger partial charge in [-0.25, -0.2) is 4.79 Å². The van der Waals surface area contributed by atoms with Crippen molar-refractivity contribution in [3.05, 3.63) is 29.3 Å². The predicted octanol–water partition coefficient (Wildman–Crippen LogP) is 2.18. The lowest BCUT2D eigenvalue weighted by atomic mass is 10.1. The summed E-state index contributed by atoms with van der Waals surface area (Å²) in [6.07, 6.45) is 1.68. The molecule has 0 unspecified atom stereocenters. The van der Waals surface area contributed by atoms with Crippen LogP contribution in [-0.4, -0.2) is 30.8 Å². The first-order valence-corrected chi connectivity index (χ1v) is 6.74. The molecular formula is C13H15BrN2O4S. The van der Waals surface area contributed by atoms with E-state index >= 15 is 0 Å². The van der Waals surface area contributed by atoms with Gasteiger partial charge in [-0.05, 0) is 23.8 Å². The van der Waals surface area contributed by atoms with E-state index in [4.69, 9.17) is 25.4 Å². The minimum atomic E-state index is -0.448. The molecule has 0 amide bonds. The normalized spacial score (nSPS) is 12.5. The molecule has 0 fully saturated rings. The minimum Gasteiger partial charge on any atom is -0.466 e. The standard InChI is InChI=1S/C13H14N2O4S.BrH/c1-17-12(16)9(6-20-13(14)15)4-8-2-3-10-11(5-8)19-7-18-10;/h2-5H,6-7H2,1H3,(H3,14,15);1H/b9-4+;. The zero-order valence-electron chi connectivity index (χ0n) is 11.3. The zero-order valence-corrected chi connectivity index (χ0v) is 13.8. The molecule has 3 N–H and O–H groups in total. The predicted molar refractivity (Wildman–Crippen MR) is 87.3 cm³/mol. The third-order valence-electron chi connectivity index (χ3n) is 2.57. The topological polar surface area (TPSA) is 94.6 Å². The van der Waals surface area contributed by atoms with Gasteiger partial charge >= 0.3 is 5.97 Å². The highest BCUT2D eigenvalue weighted by molar-refractivity contribution is 8.93. The van der Waals surface area contributed by atoms with E-state index in [9.17, 15) is 4.79 Å². The van der Waals surface area contributed by atoms with Crippen LogP contribution in [0.5, 0.6) is 11.5 Å². The number of amidine groups is 1. The molecule has 6 nitrogen and oxygen atoms in total. The second kappa shape index (κ2) is 7.94. The Labute approximate surface area is 136 Å². The Morgan fingerprint density at radius 3 is 2.86 bits per heavy atom. The highest BCUT2D eigenvalue weighted by Gasteiger charge is 2.15. The van der Waals surface area contributed by atoms with Crippen molar-refractivity contribution in [3.63, 3.8) is 0 Å². The van der Waals surface area contributed by atoms with Crippen LogP contribution in [0.2, 0.25) is 0 Å². The molecule has 0 radical (unpaired) electrons. The molecule has 21 heavy (non-hydrogen) atoms. The van der Waals surface area contributed by atoms with Crippen LogP contribution in [0.4, 0.5) is 0 Å². The average molecular weight is 375 g/mol. The fourth-order valence-corrected chi connectivity index (χ4v) is 2.16. The number of carbonyl (C=O) groups excluding carboxylic acids is 1. The van der Waals surface area contributed by atoms with E-state index in [1.807, 2.05) is 6.07 Å². The number of carbonyl (C=O) groups is 1. The molecule has 1 aromatic carbocycles. The summed E-state index contributed by atoms with van der Waals surface area (Å²) in [6, 6.07) is 5.37. The molecule has 114 valence electrons. The van der Waals surface area contributed by atoms with Gasteiger partial charge < -0.3 is 19.9 Å². The van der Waals surface area contributed by atoms with Gasteiger partial charge in [0.05, 0.1) is 7.11 Å². The molecule has 0 bridgehead atoms. The number of esters is 1. The number of hydrogen-bond acceptors (Lipinski definition) is 6. The van der Waals surface area contributed by atoms with E-state index in [-0.39, 0.29) is 34.7 Å². The third-order valence-corrected chi connectivity index (χ3v) is 3.33. The molecule has 1 heterocycles. The van der Waals surface area contributed by atoms with Crippen LogP contribution in [0.3, 0.4) is 0 Å². The summed E-state index contributed by atoms with van der Waals surface area (Å²) in [6.45, 7) is 0.201. The summed E-state index contributed by atoms with van der Waals surface area (Å²) in [5.41, 5.74) is 6.49. The Morgan fingerprint density at radius 2 is 2.19 bits per heavy atom. The second-order valence-electron chi connectivity index (χ2n) is 3.93. The molecule has 0 atom stereocenters. The number of halogens is 1. The SMILES string of the molecule is Br.COC(=O)/C(=C/c1ccc2c(c1)OCO2)CSC(=N)N. The van der Waals surface area contributed by atoms with Crippen molar-refractivity contribution in [2.75, 3.05) is 19.7 Å². The smallest absolute Gasteiger partial charge is 0.334 e. The first-order valence-electron chi connectivity index (χ1n) is 5.75. The summed E-state index contributed by atoms with van der Waals surface area (Å²) in [5.74, 6) is 1.15. The summed E-state index contributed by atoms with van der Waals surface area (Å²) >= 11 is 1.06.